The number of nitrogens with zero attached hydrogens (tertiary/aromatic N) is 4. The summed E-state index contributed by atoms with van der Waals surface area (Å²) in [6.07, 6.45) is 1.19. The highest BCUT2D eigenvalue weighted by Crippen LogP contribution is 2.26. The predicted molar refractivity (Wildman–Crippen MR) is 146 cm³/mol. The molecule has 0 aliphatic rings. The number of sulfonamides is 1. The highest BCUT2D eigenvalue weighted by atomic mass is 32.2. The molecule has 0 radical (unpaired) electrons. The van der Waals surface area contributed by atoms with Crippen LogP contribution in [0.1, 0.15) is 29.2 Å². The monoisotopic (exact) mass is 509 g/mol. The van der Waals surface area contributed by atoms with Gasteiger partial charge in [-0.05, 0) is 55.2 Å². The molecule has 7 nitrogen and oxygen atoms in total. The van der Waals surface area contributed by atoms with Gasteiger partial charge in [-0.2, -0.15) is 13.5 Å². The molecule has 1 N–H and O–H groups in total. The van der Waals surface area contributed by atoms with E-state index in [1.54, 1.807) is 24.3 Å². The maximum Gasteiger partial charge on any atom is 0.276 e. The Labute approximate surface area is 216 Å². The van der Waals surface area contributed by atoms with Gasteiger partial charge in [0, 0.05) is 0 Å². The summed E-state index contributed by atoms with van der Waals surface area (Å²) in [7, 11) is -3.86. The first-order valence-electron chi connectivity index (χ1n) is 12.0. The first-order valence-corrected chi connectivity index (χ1v) is 13.5. The van der Waals surface area contributed by atoms with Crippen LogP contribution in [-0.4, -0.2) is 29.1 Å². The fourth-order valence-electron chi connectivity index (χ4n) is 4.25. The smallest absolute Gasteiger partial charge is 0.231 e. The van der Waals surface area contributed by atoms with Gasteiger partial charge in [0.2, 0.25) is 0 Å². The highest BCUT2D eigenvalue weighted by Gasteiger charge is 2.25. The maximum atomic E-state index is 13.1. The first-order chi connectivity index (χ1) is 18.0. The Hall–Kier alpha value is -4.30. The molecule has 0 spiro atoms. The molecular formula is C29H27N5O2S. The van der Waals surface area contributed by atoms with E-state index in [-0.39, 0.29) is 4.90 Å². The standard InChI is InChI=1S/C29H27N5O2S/c1-22-16-19-25(20-17-22)37(35,36)33-31-27(21-18-23-10-4-2-5-11-23)29(24-12-6-3-7-13-24)34-28-15-9-8-14-26(28)30-32-34/h2-17,19-20,29,33H,18,21H2,1H3/b31-27+. The summed E-state index contributed by atoms with van der Waals surface area (Å²) in [6.45, 7) is 1.91. The average molecular weight is 510 g/mol. The Kier molecular flexibility index (Phi) is 7.09. The lowest BCUT2D eigenvalue weighted by atomic mass is 9.96. The fourth-order valence-corrected chi connectivity index (χ4v) is 5.08. The van der Waals surface area contributed by atoms with Gasteiger partial charge >= 0.3 is 0 Å². The van der Waals surface area contributed by atoms with Gasteiger partial charge in [-0.3, -0.25) is 0 Å². The lowest BCUT2D eigenvalue weighted by molar-refractivity contribution is 0.581. The number of aryl methyl sites for hydroxylation is 2. The molecule has 4 aromatic carbocycles. The van der Waals surface area contributed by atoms with Crippen molar-refractivity contribution in [3.8, 4) is 0 Å². The summed E-state index contributed by atoms with van der Waals surface area (Å²) in [5.41, 5.74) is 5.26. The van der Waals surface area contributed by atoms with Crippen LogP contribution in [0.5, 0.6) is 0 Å². The molecular weight excluding hydrogens is 482 g/mol. The summed E-state index contributed by atoms with van der Waals surface area (Å²) in [6, 6.07) is 33.8. The summed E-state index contributed by atoms with van der Waals surface area (Å²) >= 11 is 0. The van der Waals surface area contributed by atoms with Gasteiger partial charge in [0.15, 0.2) is 0 Å². The third-order valence-corrected chi connectivity index (χ3v) is 7.43. The number of hydrogen-bond acceptors (Lipinski definition) is 5. The summed E-state index contributed by atoms with van der Waals surface area (Å²) in [5, 5.41) is 13.4. The zero-order valence-corrected chi connectivity index (χ0v) is 21.2. The van der Waals surface area contributed by atoms with Gasteiger partial charge in [0.1, 0.15) is 11.6 Å². The molecule has 1 aromatic heterocycles. The lowest BCUT2D eigenvalue weighted by Crippen LogP contribution is -2.27. The third kappa shape index (κ3) is 5.59. The Morgan fingerprint density at radius 1 is 0.865 bits per heavy atom. The van der Waals surface area contributed by atoms with Crippen LogP contribution in [0.4, 0.5) is 0 Å². The average Bonchev–Trinajstić information content (AvgIpc) is 3.35. The van der Waals surface area contributed by atoms with Gasteiger partial charge in [-0.15, -0.1) is 5.10 Å². The highest BCUT2D eigenvalue weighted by molar-refractivity contribution is 7.89. The van der Waals surface area contributed by atoms with Crippen LogP contribution in [0.3, 0.4) is 0 Å². The number of hydrogen-bond donors (Lipinski definition) is 1. The van der Waals surface area contributed by atoms with Crippen LogP contribution in [0, 0.1) is 6.92 Å². The summed E-state index contributed by atoms with van der Waals surface area (Å²) in [4.78, 5) is 2.65. The maximum absolute atomic E-state index is 13.1. The van der Waals surface area contributed by atoms with Crippen LogP contribution in [0.15, 0.2) is 119 Å². The van der Waals surface area contributed by atoms with E-state index in [0.717, 1.165) is 27.7 Å². The Bertz CT molecular complexity index is 1610. The molecule has 186 valence electrons. The van der Waals surface area contributed by atoms with E-state index in [9.17, 15) is 8.42 Å². The van der Waals surface area contributed by atoms with Crippen molar-refractivity contribution in [1.82, 2.24) is 19.8 Å². The second-order valence-electron chi connectivity index (χ2n) is 8.83. The van der Waals surface area contributed by atoms with Crippen molar-refractivity contribution in [1.29, 1.82) is 0 Å². The van der Waals surface area contributed by atoms with Gasteiger partial charge < -0.3 is 0 Å². The van der Waals surface area contributed by atoms with E-state index in [1.807, 2.05) is 84.4 Å². The van der Waals surface area contributed by atoms with Crippen LogP contribution in [-0.2, 0) is 16.4 Å². The van der Waals surface area contributed by atoms with Gasteiger partial charge in [-0.25, -0.2) is 9.51 Å². The number of fused-ring (bicyclic) bond motifs is 1. The number of para-hydroxylation sites is 1. The van der Waals surface area contributed by atoms with Gasteiger partial charge in [-0.1, -0.05) is 95.7 Å². The molecule has 0 saturated carbocycles. The molecule has 0 bridgehead atoms. The zero-order chi connectivity index (χ0) is 25.7. The number of hydrazone groups is 1. The van der Waals surface area contributed by atoms with Crippen LogP contribution < -0.4 is 4.83 Å². The van der Waals surface area contributed by atoms with Crippen molar-refractivity contribution >= 4 is 26.8 Å². The van der Waals surface area contributed by atoms with E-state index in [4.69, 9.17) is 0 Å². The number of benzene rings is 4. The van der Waals surface area contributed by atoms with Crippen molar-refractivity contribution in [2.45, 2.75) is 30.7 Å². The van der Waals surface area contributed by atoms with Crippen LogP contribution >= 0.6 is 0 Å². The SMILES string of the molecule is Cc1ccc(S(=O)(=O)N/N=C(\CCc2ccccc2)C(c2ccccc2)n2nnc3ccccc32)cc1. The number of nitrogens with one attached hydrogen (secondary N) is 1. The molecule has 8 heteroatoms. The lowest BCUT2D eigenvalue weighted by Gasteiger charge is -2.21. The molecule has 0 amide bonds. The summed E-state index contributed by atoms with van der Waals surface area (Å²) in [5.74, 6) is 0. The largest absolute Gasteiger partial charge is 0.276 e. The van der Waals surface area contributed by atoms with E-state index in [2.05, 4.69) is 32.4 Å². The molecule has 1 atom stereocenters. The minimum atomic E-state index is -3.86. The Balaban J connectivity index is 1.59. The molecule has 37 heavy (non-hydrogen) atoms. The predicted octanol–water partition coefficient (Wildman–Crippen LogP) is 5.30. The normalized spacial score (nSPS) is 12.9. The summed E-state index contributed by atoms with van der Waals surface area (Å²) < 4.78 is 28.1. The molecule has 0 saturated heterocycles. The van der Waals surface area contributed by atoms with E-state index in [0.29, 0.717) is 18.6 Å². The second kappa shape index (κ2) is 10.8. The number of rotatable bonds is 9. The number of aromatic nitrogens is 3. The van der Waals surface area contributed by atoms with E-state index >= 15 is 0 Å². The topological polar surface area (TPSA) is 89.2 Å². The van der Waals surface area contributed by atoms with Crippen molar-refractivity contribution in [2.24, 2.45) is 5.10 Å². The molecule has 5 rings (SSSR count). The van der Waals surface area contributed by atoms with E-state index < -0.39 is 16.1 Å². The first kappa shape index (κ1) is 24.4. The molecule has 1 heterocycles. The molecule has 0 fully saturated rings. The minimum absolute atomic E-state index is 0.159. The fraction of sp³-hybridized carbons (Fsp3) is 0.138. The van der Waals surface area contributed by atoms with Crippen molar-refractivity contribution in [2.75, 3.05) is 0 Å². The molecule has 0 aliphatic carbocycles. The van der Waals surface area contributed by atoms with Crippen molar-refractivity contribution < 1.29 is 8.42 Å². The second-order valence-corrected chi connectivity index (χ2v) is 10.5. The Morgan fingerprint density at radius 3 is 2.24 bits per heavy atom. The van der Waals surface area contributed by atoms with Crippen molar-refractivity contribution in [3.63, 3.8) is 0 Å². The minimum Gasteiger partial charge on any atom is -0.231 e. The molecule has 5 aromatic rings. The van der Waals surface area contributed by atoms with Crippen LogP contribution in [0.2, 0.25) is 0 Å². The van der Waals surface area contributed by atoms with Crippen molar-refractivity contribution in [3.05, 3.63) is 126 Å². The Morgan fingerprint density at radius 2 is 1.51 bits per heavy atom. The zero-order valence-electron chi connectivity index (χ0n) is 20.4. The van der Waals surface area contributed by atoms with Gasteiger partial charge in [0.05, 0.1) is 16.1 Å². The van der Waals surface area contributed by atoms with Crippen LogP contribution in [0.25, 0.3) is 11.0 Å². The molecule has 0 aliphatic heterocycles. The van der Waals surface area contributed by atoms with Gasteiger partial charge in [0.25, 0.3) is 10.0 Å². The van der Waals surface area contributed by atoms with E-state index in [1.165, 1.54) is 0 Å². The molecule has 1 unspecified atom stereocenters. The third-order valence-electron chi connectivity index (χ3n) is 6.21. The quantitative estimate of drug-likeness (QED) is 0.216.